The first-order valence-corrected chi connectivity index (χ1v) is 11.1. The number of hydrogen-bond donors (Lipinski definition) is 2. The van der Waals surface area contributed by atoms with E-state index in [1.807, 2.05) is 27.7 Å². The van der Waals surface area contributed by atoms with Gasteiger partial charge in [-0.1, -0.05) is 0 Å². The molecule has 2 rings (SSSR count). The predicted molar refractivity (Wildman–Crippen MR) is 101 cm³/mol. The monoisotopic (exact) mass is 437 g/mol. The second kappa shape index (κ2) is 7.38. The van der Waals surface area contributed by atoms with Crippen LogP contribution in [0.3, 0.4) is 0 Å². The Kier molecular flexibility index (Phi) is 6.03. The van der Waals surface area contributed by atoms with Crippen molar-refractivity contribution in [1.29, 1.82) is 0 Å². The standard InChI is InChI=1S/C14H25BrN5O4P/c1-9(2)23-25(5,21,24-10(3)4)22-7-6-20-13-11(19-14(20)15)12(16)17-8-18-13/h8-10,21H,6-7H2,1-5H3,(H2,16,17,18). The van der Waals surface area contributed by atoms with E-state index in [-0.39, 0.29) is 18.8 Å². The van der Waals surface area contributed by atoms with E-state index in [1.54, 1.807) is 4.57 Å². The van der Waals surface area contributed by atoms with Crippen molar-refractivity contribution >= 4 is 40.4 Å². The Hall–Kier alpha value is -0.900. The SMILES string of the molecule is CC(C)OP(C)(O)(OCCn1c(Br)nc2c(N)ncnc21)OC(C)C. The zero-order chi connectivity index (χ0) is 18.9. The number of nitrogens with zero attached hydrogens (tertiary/aromatic N) is 4. The molecule has 0 amide bonds. The second-order valence-corrected chi connectivity index (χ2v) is 10.1. The van der Waals surface area contributed by atoms with Crippen LogP contribution in [0.2, 0.25) is 0 Å². The van der Waals surface area contributed by atoms with E-state index in [9.17, 15) is 4.89 Å². The van der Waals surface area contributed by atoms with Crippen molar-refractivity contribution in [2.45, 2.75) is 46.4 Å². The molecule has 0 saturated carbocycles. The number of imidazole rings is 1. The van der Waals surface area contributed by atoms with Crippen molar-refractivity contribution in [3.63, 3.8) is 0 Å². The summed E-state index contributed by atoms with van der Waals surface area (Å²) in [4.78, 5) is 23.4. The van der Waals surface area contributed by atoms with Gasteiger partial charge in [0.2, 0.25) is 0 Å². The fraction of sp³-hybridized carbons (Fsp3) is 0.643. The number of nitrogens with two attached hydrogens (primary N) is 1. The third-order valence-electron chi connectivity index (χ3n) is 3.11. The van der Waals surface area contributed by atoms with E-state index in [0.29, 0.717) is 28.3 Å². The molecule has 0 bridgehead atoms. The summed E-state index contributed by atoms with van der Waals surface area (Å²) < 4.78 is 19.4. The molecule has 0 atom stereocenters. The van der Waals surface area contributed by atoms with Gasteiger partial charge in [-0.2, -0.15) is 0 Å². The fourth-order valence-electron chi connectivity index (χ4n) is 2.50. The van der Waals surface area contributed by atoms with Gasteiger partial charge < -0.3 is 0 Å². The third-order valence-corrected chi connectivity index (χ3v) is 6.28. The maximum absolute atomic E-state index is 11.0. The Balaban J connectivity index is 2.18. The van der Waals surface area contributed by atoms with Crippen LogP contribution in [0.25, 0.3) is 11.2 Å². The fourth-order valence-corrected chi connectivity index (χ4v) is 5.60. The van der Waals surface area contributed by atoms with Gasteiger partial charge in [0.15, 0.2) is 0 Å². The molecule has 11 heteroatoms. The Bertz CT molecular complexity index is 738. The van der Waals surface area contributed by atoms with Gasteiger partial charge in [0, 0.05) is 0 Å². The van der Waals surface area contributed by atoms with Gasteiger partial charge in [-0.25, -0.2) is 0 Å². The van der Waals surface area contributed by atoms with Crippen LogP contribution in [0.1, 0.15) is 27.7 Å². The van der Waals surface area contributed by atoms with Crippen LogP contribution in [0.15, 0.2) is 11.1 Å². The molecule has 142 valence electrons. The summed E-state index contributed by atoms with van der Waals surface area (Å²) in [6.45, 7) is 9.23. The number of rotatable bonds is 8. The molecule has 0 radical (unpaired) electrons. The van der Waals surface area contributed by atoms with Crippen LogP contribution in [0, 0.1) is 0 Å². The first-order valence-electron chi connectivity index (χ1n) is 7.92. The first-order chi connectivity index (χ1) is 11.5. The number of anilines is 1. The van der Waals surface area contributed by atoms with Crippen molar-refractivity contribution in [3.05, 3.63) is 11.1 Å². The predicted octanol–water partition coefficient (Wildman–Crippen LogP) is 2.87. The van der Waals surface area contributed by atoms with Crippen LogP contribution < -0.4 is 5.73 Å². The molecule has 3 N–H and O–H groups in total. The van der Waals surface area contributed by atoms with Crippen LogP contribution >= 0.6 is 23.4 Å². The Labute approximate surface area is 155 Å². The van der Waals surface area contributed by atoms with E-state index in [2.05, 4.69) is 30.9 Å². The average Bonchev–Trinajstić information content (AvgIpc) is 2.74. The molecule has 2 aromatic rings. The first kappa shape index (κ1) is 20.4. The molecule has 0 aliphatic rings. The molecule has 2 heterocycles. The molecule has 0 aliphatic carbocycles. The van der Waals surface area contributed by atoms with Gasteiger partial charge in [0.05, 0.1) is 0 Å². The molecule has 0 aliphatic heterocycles. The molecule has 9 nitrogen and oxygen atoms in total. The van der Waals surface area contributed by atoms with Gasteiger partial charge >= 0.3 is 155 Å². The molecule has 2 aromatic heterocycles. The van der Waals surface area contributed by atoms with Crippen molar-refractivity contribution in [1.82, 2.24) is 19.5 Å². The molecular weight excluding hydrogens is 413 g/mol. The number of aromatic nitrogens is 4. The minimum atomic E-state index is -4.19. The summed E-state index contributed by atoms with van der Waals surface area (Å²) >= 11 is 3.38. The van der Waals surface area contributed by atoms with Crippen molar-refractivity contribution in [2.75, 3.05) is 19.0 Å². The molecule has 0 spiro atoms. The molecule has 0 aromatic carbocycles. The molecular formula is C14H25BrN5O4P. The quantitative estimate of drug-likeness (QED) is 0.477. The average molecular weight is 438 g/mol. The van der Waals surface area contributed by atoms with Gasteiger partial charge in [0.1, 0.15) is 0 Å². The van der Waals surface area contributed by atoms with Crippen LogP contribution in [0.4, 0.5) is 5.82 Å². The number of halogens is 1. The van der Waals surface area contributed by atoms with Gasteiger partial charge in [0.25, 0.3) is 0 Å². The van der Waals surface area contributed by atoms with E-state index in [4.69, 9.17) is 19.3 Å². The molecule has 0 fully saturated rings. The topological polar surface area (TPSA) is 118 Å². The maximum atomic E-state index is 11.0. The zero-order valence-electron chi connectivity index (χ0n) is 15.0. The van der Waals surface area contributed by atoms with Crippen LogP contribution in [-0.4, -0.2) is 49.9 Å². The Morgan fingerprint density at radius 1 is 1.24 bits per heavy atom. The van der Waals surface area contributed by atoms with E-state index >= 15 is 0 Å². The minimum absolute atomic E-state index is 0.137. The summed E-state index contributed by atoms with van der Waals surface area (Å²) in [5, 5.41) is 0. The summed E-state index contributed by atoms with van der Waals surface area (Å²) in [5.74, 6) is 0.300. The van der Waals surface area contributed by atoms with Crippen LogP contribution in [0.5, 0.6) is 0 Å². The summed E-state index contributed by atoms with van der Waals surface area (Å²) in [6, 6.07) is 0. The van der Waals surface area contributed by atoms with Gasteiger partial charge in [-0.3, -0.25) is 0 Å². The zero-order valence-corrected chi connectivity index (χ0v) is 17.5. The molecule has 0 unspecified atom stereocenters. The summed E-state index contributed by atoms with van der Waals surface area (Å²) in [5.41, 5.74) is 6.89. The van der Waals surface area contributed by atoms with E-state index < -0.39 is 7.51 Å². The van der Waals surface area contributed by atoms with E-state index in [1.165, 1.54) is 13.0 Å². The van der Waals surface area contributed by atoms with E-state index in [0.717, 1.165) is 0 Å². The number of fused-ring (bicyclic) bond motifs is 1. The number of hydrogen-bond acceptors (Lipinski definition) is 8. The van der Waals surface area contributed by atoms with Crippen molar-refractivity contribution in [3.8, 4) is 0 Å². The van der Waals surface area contributed by atoms with Gasteiger partial charge in [-0.15, -0.1) is 0 Å². The third kappa shape index (κ3) is 5.06. The van der Waals surface area contributed by atoms with Gasteiger partial charge in [-0.05, 0) is 0 Å². The molecule has 0 saturated heterocycles. The summed E-state index contributed by atoms with van der Waals surface area (Å²) in [6.07, 6.45) is 0.873. The molecule has 25 heavy (non-hydrogen) atoms. The summed E-state index contributed by atoms with van der Waals surface area (Å²) in [7, 11) is -4.19. The Morgan fingerprint density at radius 3 is 2.40 bits per heavy atom. The number of nitrogen functional groups attached to an aromatic ring is 1. The second-order valence-electron chi connectivity index (χ2n) is 6.32. The van der Waals surface area contributed by atoms with Crippen molar-refractivity contribution < 1.29 is 18.5 Å². The van der Waals surface area contributed by atoms with Crippen LogP contribution in [-0.2, 0) is 20.1 Å². The normalized spacial score (nSPS) is 14.4. The van der Waals surface area contributed by atoms with Crippen molar-refractivity contribution in [2.24, 2.45) is 0 Å². The Morgan fingerprint density at radius 2 is 1.84 bits per heavy atom.